The van der Waals surface area contributed by atoms with Crippen molar-refractivity contribution in [2.75, 3.05) is 12.0 Å². The Balaban J connectivity index is 1.99. The van der Waals surface area contributed by atoms with Crippen molar-refractivity contribution in [2.45, 2.75) is 0 Å². The Bertz CT molecular complexity index is 819. The summed E-state index contributed by atoms with van der Waals surface area (Å²) in [7, 11) is 1.47. The van der Waals surface area contributed by atoms with E-state index >= 15 is 0 Å². The molecule has 2 amide bonds. The number of rotatable bonds is 3. The van der Waals surface area contributed by atoms with Crippen molar-refractivity contribution in [3.05, 3.63) is 64.8 Å². The van der Waals surface area contributed by atoms with E-state index in [0.29, 0.717) is 11.4 Å². The Hall–Kier alpha value is -2.60. The number of thioether (sulfide) groups is 1. The van der Waals surface area contributed by atoms with E-state index in [1.165, 1.54) is 19.3 Å². The van der Waals surface area contributed by atoms with Crippen LogP contribution in [0.25, 0.3) is 6.08 Å². The first-order chi connectivity index (χ1) is 11.1. The minimum atomic E-state index is -0.493. The van der Waals surface area contributed by atoms with Gasteiger partial charge < -0.3 is 4.74 Å². The van der Waals surface area contributed by atoms with E-state index < -0.39 is 17.0 Å². The lowest BCUT2D eigenvalue weighted by Crippen LogP contribution is -2.28. The highest BCUT2D eigenvalue weighted by Crippen LogP contribution is 2.39. The number of nitrogens with zero attached hydrogens (tertiary/aromatic N) is 1. The van der Waals surface area contributed by atoms with Gasteiger partial charge in [-0.15, -0.1) is 0 Å². The highest BCUT2D eigenvalue weighted by Gasteiger charge is 2.37. The third-order valence-corrected chi connectivity index (χ3v) is 4.18. The standard InChI is InChI=1S/C17H12FNO3S/c1-22-14-9-5-4-8-13(14)19-16(20)15(23-17(19)21)10-11-6-2-3-7-12(11)18/h2-10H,1H3/b15-10-. The van der Waals surface area contributed by atoms with Gasteiger partial charge in [-0.25, -0.2) is 9.29 Å². The molecule has 0 aromatic heterocycles. The van der Waals surface area contributed by atoms with Crippen LogP contribution in [0.1, 0.15) is 5.56 Å². The number of amides is 2. The molecule has 1 saturated heterocycles. The van der Waals surface area contributed by atoms with Crippen LogP contribution in [0.5, 0.6) is 5.75 Å². The molecule has 0 unspecified atom stereocenters. The summed E-state index contributed by atoms with van der Waals surface area (Å²) in [5.74, 6) is -0.522. The Kier molecular flexibility index (Phi) is 4.16. The fourth-order valence-corrected chi connectivity index (χ4v) is 3.05. The van der Waals surface area contributed by atoms with Gasteiger partial charge in [0.15, 0.2) is 0 Å². The second-order valence-corrected chi connectivity index (χ2v) is 5.70. The molecule has 6 heteroatoms. The van der Waals surface area contributed by atoms with E-state index in [1.54, 1.807) is 42.5 Å². The van der Waals surface area contributed by atoms with Gasteiger partial charge in [0.25, 0.3) is 11.1 Å². The molecule has 0 radical (unpaired) electrons. The van der Waals surface area contributed by atoms with Crippen LogP contribution in [-0.2, 0) is 4.79 Å². The van der Waals surface area contributed by atoms with Gasteiger partial charge in [-0.05, 0) is 36.0 Å². The van der Waals surface area contributed by atoms with Crippen LogP contribution in [0.15, 0.2) is 53.4 Å². The lowest BCUT2D eigenvalue weighted by atomic mass is 10.2. The maximum absolute atomic E-state index is 13.7. The second-order valence-electron chi connectivity index (χ2n) is 4.71. The number of hydrogen-bond acceptors (Lipinski definition) is 4. The zero-order chi connectivity index (χ0) is 16.4. The van der Waals surface area contributed by atoms with Crippen LogP contribution in [-0.4, -0.2) is 18.3 Å². The predicted molar refractivity (Wildman–Crippen MR) is 87.8 cm³/mol. The first-order valence-corrected chi connectivity index (χ1v) is 7.59. The third-order valence-electron chi connectivity index (χ3n) is 3.31. The molecule has 23 heavy (non-hydrogen) atoms. The number of carbonyl (C=O) groups excluding carboxylic acids is 2. The largest absolute Gasteiger partial charge is 0.495 e. The van der Waals surface area contributed by atoms with Gasteiger partial charge in [-0.2, -0.15) is 0 Å². The normalized spacial score (nSPS) is 16.3. The summed E-state index contributed by atoms with van der Waals surface area (Å²) < 4.78 is 18.9. The molecule has 0 atom stereocenters. The quantitative estimate of drug-likeness (QED) is 0.796. The number of carbonyl (C=O) groups is 2. The fourth-order valence-electron chi connectivity index (χ4n) is 2.22. The summed E-state index contributed by atoms with van der Waals surface area (Å²) in [6.45, 7) is 0. The Labute approximate surface area is 136 Å². The minimum absolute atomic E-state index is 0.172. The number of anilines is 1. The molecular formula is C17H12FNO3S. The summed E-state index contributed by atoms with van der Waals surface area (Å²) in [5, 5.41) is -0.443. The Morgan fingerprint density at radius 2 is 1.78 bits per heavy atom. The van der Waals surface area contributed by atoms with Crippen molar-refractivity contribution < 1.29 is 18.7 Å². The van der Waals surface area contributed by atoms with Crippen LogP contribution >= 0.6 is 11.8 Å². The van der Waals surface area contributed by atoms with E-state index in [9.17, 15) is 14.0 Å². The first kappa shape index (κ1) is 15.3. The zero-order valence-electron chi connectivity index (χ0n) is 12.2. The number of methoxy groups -OCH3 is 1. The molecule has 2 aromatic rings. The molecular weight excluding hydrogens is 317 g/mol. The van der Waals surface area contributed by atoms with Crippen molar-refractivity contribution in [1.82, 2.24) is 0 Å². The van der Waals surface area contributed by atoms with Gasteiger partial charge in [0, 0.05) is 5.56 Å². The summed E-state index contributed by atoms with van der Waals surface area (Å²) in [6, 6.07) is 12.8. The summed E-state index contributed by atoms with van der Waals surface area (Å²) in [6.07, 6.45) is 1.38. The second kappa shape index (κ2) is 6.26. The van der Waals surface area contributed by atoms with Crippen molar-refractivity contribution >= 4 is 34.7 Å². The van der Waals surface area contributed by atoms with E-state index in [4.69, 9.17) is 4.74 Å². The first-order valence-electron chi connectivity index (χ1n) is 6.77. The smallest absolute Gasteiger partial charge is 0.298 e. The highest BCUT2D eigenvalue weighted by molar-refractivity contribution is 8.19. The molecule has 1 fully saturated rings. The molecule has 1 aliphatic rings. The highest BCUT2D eigenvalue weighted by atomic mass is 32.2. The fraction of sp³-hybridized carbons (Fsp3) is 0.0588. The van der Waals surface area contributed by atoms with E-state index in [1.807, 2.05) is 0 Å². The van der Waals surface area contributed by atoms with Crippen molar-refractivity contribution in [3.63, 3.8) is 0 Å². The molecule has 4 nitrogen and oxygen atoms in total. The van der Waals surface area contributed by atoms with Crippen molar-refractivity contribution in [1.29, 1.82) is 0 Å². The van der Waals surface area contributed by atoms with Crippen LogP contribution < -0.4 is 9.64 Å². The number of halogens is 1. The number of para-hydroxylation sites is 2. The molecule has 1 heterocycles. The van der Waals surface area contributed by atoms with Gasteiger partial charge in [-0.1, -0.05) is 30.3 Å². The van der Waals surface area contributed by atoms with Crippen molar-refractivity contribution in [3.8, 4) is 5.75 Å². The van der Waals surface area contributed by atoms with Gasteiger partial charge in [0.05, 0.1) is 17.7 Å². The molecule has 3 rings (SSSR count). The summed E-state index contributed by atoms with van der Waals surface area (Å²) >= 11 is 0.776. The maximum Gasteiger partial charge on any atom is 0.298 e. The molecule has 0 saturated carbocycles. The number of imide groups is 1. The maximum atomic E-state index is 13.7. The Morgan fingerprint density at radius 1 is 1.09 bits per heavy atom. The number of ether oxygens (including phenoxy) is 1. The van der Waals surface area contributed by atoms with Crippen LogP contribution in [0.4, 0.5) is 14.9 Å². The molecule has 2 aromatic carbocycles. The van der Waals surface area contributed by atoms with Gasteiger partial charge in [0.1, 0.15) is 11.6 Å². The summed E-state index contributed by atoms with van der Waals surface area (Å²) in [4.78, 5) is 26.0. The monoisotopic (exact) mass is 329 g/mol. The van der Waals surface area contributed by atoms with Crippen molar-refractivity contribution in [2.24, 2.45) is 0 Å². The average molecular weight is 329 g/mol. The number of hydrogen-bond donors (Lipinski definition) is 0. The van der Waals surface area contributed by atoms with E-state index in [0.717, 1.165) is 16.7 Å². The van der Waals surface area contributed by atoms with E-state index in [-0.39, 0.29) is 10.5 Å². The number of benzene rings is 2. The van der Waals surface area contributed by atoms with E-state index in [2.05, 4.69) is 0 Å². The molecule has 0 aliphatic carbocycles. The topological polar surface area (TPSA) is 46.6 Å². The van der Waals surface area contributed by atoms with Gasteiger partial charge in [0.2, 0.25) is 0 Å². The third kappa shape index (κ3) is 2.85. The van der Waals surface area contributed by atoms with Gasteiger partial charge in [-0.3, -0.25) is 9.59 Å². The molecule has 1 aliphatic heterocycles. The lowest BCUT2D eigenvalue weighted by Gasteiger charge is -2.15. The Morgan fingerprint density at radius 3 is 2.52 bits per heavy atom. The van der Waals surface area contributed by atoms with Gasteiger partial charge >= 0.3 is 0 Å². The minimum Gasteiger partial charge on any atom is -0.495 e. The predicted octanol–water partition coefficient (Wildman–Crippen LogP) is 4.08. The lowest BCUT2D eigenvalue weighted by molar-refractivity contribution is -0.113. The average Bonchev–Trinajstić information content (AvgIpc) is 2.83. The molecule has 0 N–H and O–H groups in total. The zero-order valence-corrected chi connectivity index (χ0v) is 13.0. The summed E-state index contributed by atoms with van der Waals surface area (Å²) in [5.41, 5.74) is 0.632. The molecule has 0 spiro atoms. The van der Waals surface area contributed by atoms with Crippen LogP contribution in [0, 0.1) is 5.82 Å². The van der Waals surface area contributed by atoms with Crippen LogP contribution in [0.3, 0.4) is 0 Å². The molecule has 116 valence electrons. The molecule has 0 bridgehead atoms. The van der Waals surface area contributed by atoms with Crippen LogP contribution in [0.2, 0.25) is 0 Å². The SMILES string of the molecule is COc1ccccc1N1C(=O)S/C(=C\c2ccccc2F)C1=O.